The molecule has 2 aromatic rings. The van der Waals surface area contributed by atoms with Crippen LogP contribution in [0.25, 0.3) is 5.69 Å². The highest BCUT2D eigenvalue weighted by Gasteiger charge is 2.40. The lowest BCUT2D eigenvalue weighted by Crippen LogP contribution is -2.23. The lowest BCUT2D eigenvalue weighted by atomic mass is 9.87. The van der Waals surface area contributed by atoms with E-state index in [-0.39, 0.29) is 11.8 Å². The molecule has 4 nitrogen and oxygen atoms in total. The predicted octanol–water partition coefficient (Wildman–Crippen LogP) is 4.14. The first-order valence-electron chi connectivity index (χ1n) is 9.38. The van der Waals surface area contributed by atoms with E-state index in [4.69, 9.17) is 0 Å². The molecule has 1 aliphatic carbocycles. The fourth-order valence-electron chi connectivity index (χ4n) is 4.07. The van der Waals surface area contributed by atoms with E-state index < -0.39 is 11.9 Å². The van der Waals surface area contributed by atoms with Gasteiger partial charge in [-0.25, -0.2) is 4.68 Å². The fourth-order valence-corrected chi connectivity index (χ4v) is 4.07. The maximum absolute atomic E-state index is 13.4. The zero-order chi connectivity index (χ0) is 19.2. The van der Waals surface area contributed by atoms with E-state index in [1.165, 1.54) is 4.68 Å². The average molecular weight is 377 g/mol. The SMILES string of the molecule is CC1CCc2c(c(C(F)(F)F)nn2-c2ccc(CN3CCCC3=O)cc2)C1. The van der Waals surface area contributed by atoms with Crippen LogP contribution in [0.15, 0.2) is 24.3 Å². The second-order valence-corrected chi connectivity index (χ2v) is 7.62. The van der Waals surface area contributed by atoms with E-state index in [9.17, 15) is 18.0 Å². The molecule has 27 heavy (non-hydrogen) atoms. The zero-order valence-electron chi connectivity index (χ0n) is 15.2. The summed E-state index contributed by atoms with van der Waals surface area (Å²) in [6, 6.07) is 7.32. The minimum Gasteiger partial charge on any atom is -0.338 e. The number of halogens is 3. The maximum atomic E-state index is 13.4. The average Bonchev–Trinajstić information content (AvgIpc) is 3.19. The van der Waals surface area contributed by atoms with Crippen LogP contribution in [-0.4, -0.2) is 27.1 Å². The van der Waals surface area contributed by atoms with Crippen LogP contribution in [0.2, 0.25) is 0 Å². The van der Waals surface area contributed by atoms with Gasteiger partial charge in [-0.2, -0.15) is 18.3 Å². The zero-order valence-corrected chi connectivity index (χ0v) is 15.2. The van der Waals surface area contributed by atoms with Crippen LogP contribution < -0.4 is 0 Å². The van der Waals surface area contributed by atoms with Gasteiger partial charge in [-0.3, -0.25) is 4.79 Å². The van der Waals surface area contributed by atoms with Gasteiger partial charge in [0, 0.05) is 30.8 Å². The molecule has 1 unspecified atom stereocenters. The number of hydrogen-bond acceptors (Lipinski definition) is 2. The van der Waals surface area contributed by atoms with E-state index in [2.05, 4.69) is 5.10 Å². The maximum Gasteiger partial charge on any atom is 0.435 e. The molecule has 1 fully saturated rings. The molecule has 0 N–H and O–H groups in total. The highest BCUT2D eigenvalue weighted by atomic mass is 19.4. The van der Waals surface area contributed by atoms with Crippen LogP contribution in [0, 0.1) is 5.92 Å². The summed E-state index contributed by atoms with van der Waals surface area (Å²) in [5, 5.41) is 3.94. The van der Waals surface area contributed by atoms with Crippen LogP contribution in [-0.2, 0) is 30.4 Å². The lowest BCUT2D eigenvalue weighted by molar-refractivity contribution is -0.142. The Balaban J connectivity index is 1.64. The van der Waals surface area contributed by atoms with Crippen molar-refractivity contribution in [1.82, 2.24) is 14.7 Å². The van der Waals surface area contributed by atoms with Crippen LogP contribution >= 0.6 is 0 Å². The molecule has 0 radical (unpaired) electrons. The Bertz CT molecular complexity index is 855. The number of nitrogens with zero attached hydrogens (tertiary/aromatic N) is 3. The van der Waals surface area contributed by atoms with Gasteiger partial charge in [0.1, 0.15) is 0 Å². The number of alkyl halides is 3. The number of rotatable bonds is 3. The van der Waals surface area contributed by atoms with Crippen molar-refractivity contribution in [2.24, 2.45) is 5.92 Å². The molecular weight excluding hydrogens is 355 g/mol. The number of benzene rings is 1. The Kier molecular flexibility index (Phi) is 4.48. The third kappa shape index (κ3) is 3.47. The molecule has 2 aliphatic rings. The molecule has 144 valence electrons. The number of carbonyl (C=O) groups excluding carboxylic acids is 1. The van der Waals surface area contributed by atoms with Gasteiger partial charge < -0.3 is 4.90 Å². The molecule has 4 rings (SSSR count). The summed E-state index contributed by atoms with van der Waals surface area (Å²) in [6.07, 6.45) is -1.08. The van der Waals surface area contributed by atoms with Gasteiger partial charge in [0.25, 0.3) is 0 Å². The Hall–Kier alpha value is -2.31. The van der Waals surface area contributed by atoms with E-state index >= 15 is 0 Å². The smallest absolute Gasteiger partial charge is 0.338 e. The van der Waals surface area contributed by atoms with Crippen LogP contribution in [0.1, 0.15) is 48.7 Å². The number of amides is 1. The van der Waals surface area contributed by atoms with E-state index in [0.29, 0.717) is 42.8 Å². The standard InChI is InChI=1S/C20H22F3N3O/c1-13-4-9-17-16(11-13)19(20(21,22)23)24-26(17)15-7-5-14(6-8-15)12-25-10-2-3-18(25)27/h5-8,13H,2-4,9-12H2,1H3. The van der Waals surface area contributed by atoms with Crippen molar-refractivity contribution in [3.05, 3.63) is 46.8 Å². The Morgan fingerprint density at radius 2 is 1.93 bits per heavy atom. The highest BCUT2D eigenvalue weighted by Crippen LogP contribution is 2.38. The summed E-state index contributed by atoms with van der Waals surface area (Å²) in [4.78, 5) is 13.6. The first kappa shape index (κ1) is 18.1. The van der Waals surface area contributed by atoms with Crippen molar-refractivity contribution >= 4 is 5.91 Å². The number of hydrogen-bond donors (Lipinski definition) is 0. The van der Waals surface area contributed by atoms with Crippen LogP contribution in [0.5, 0.6) is 0 Å². The number of likely N-dealkylation sites (tertiary alicyclic amines) is 1. The van der Waals surface area contributed by atoms with Gasteiger partial charge in [0.05, 0.1) is 5.69 Å². The largest absolute Gasteiger partial charge is 0.435 e. The fraction of sp³-hybridized carbons (Fsp3) is 0.500. The topological polar surface area (TPSA) is 38.1 Å². The van der Waals surface area contributed by atoms with Gasteiger partial charge in [-0.1, -0.05) is 19.1 Å². The second kappa shape index (κ2) is 6.69. The minimum absolute atomic E-state index is 0.157. The normalized spacial score (nSPS) is 20.2. The number of aromatic nitrogens is 2. The van der Waals surface area contributed by atoms with Crippen molar-refractivity contribution < 1.29 is 18.0 Å². The molecule has 1 aliphatic heterocycles. The van der Waals surface area contributed by atoms with E-state index in [1.807, 2.05) is 24.0 Å². The number of carbonyl (C=O) groups is 1. The molecule has 2 heterocycles. The highest BCUT2D eigenvalue weighted by molar-refractivity contribution is 5.78. The van der Waals surface area contributed by atoms with Crippen molar-refractivity contribution in [3.63, 3.8) is 0 Å². The molecule has 0 saturated carbocycles. The lowest BCUT2D eigenvalue weighted by Gasteiger charge is -2.20. The number of fused-ring (bicyclic) bond motifs is 1. The predicted molar refractivity (Wildman–Crippen MR) is 94.4 cm³/mol. The van der Waals surface area contributed by atoms with Crippen LogP contribution in [0.4, 0.5) is 13.2 Å². The van der Waals surface area contributed by atoms with Gasteiger partial charge in [-0.05, 0) is 49.3 Å². The van der Waals surface area contributed by atoms with Crippen molar-refractivity contribution in [3.8, 4) is 5.69 Å². The van der Waals surface area contributed by atoms with Crippen LogP contribution in [0.3, 0.4) is 0 Å². The molecular formula is C20H22F3N3O. The molecule has 0 spiro atoms. The molecule has 1 saturated heterocycles. The Morgan fingerprint density at radius 1 is 1.19 bits per heavy atom. The molecule has 1 amide bonds. The van der Waals surface area contributed by atoms with E-state index in [1.54, 1.807) is 12.1 Å². The third-order valence-corrected chi connectivity index (χ3v) is 5.51. The minimum atomic E-state index is -4.44. The summed E-state index contributed by atoms with van der Waals surface area (Å²) in [5.41, 5.74) is 1.86. The Labute approximate surface area is 156 Å². The van der Waals surface area contributed by atoms with Crippen molar-refractivity contribution in [2.75, 3.05) is 6.54 Å². The third-order valence-electron chi connectivity index (χ3n) is 5.51. The first-order valence-corrected chi connectivity index (χ1v) is 9.38. The summed E-state index contributed by atoms with van der Waals surface area (Å²) < 4.78 is 41.8. The summed E-state index contributed by atoms with van der Waals surface area (Å²) in [5.74, 6) is 0.390. The van der Waals surface area contributed by atoms with Gasteiger partial charge in [-0.15, -0.1) is 0 Å². The molecule has 7 heteroatoms. The van der Waals surface area contributed by atoms with Gasteiger partial charge >= 0.3 is 6.18 Å². The van der Waals surface area contributed by atoms with Crippen molar-refractivity contribution in [1.29, 1.82) is 0 Å². The second-order valence-electron chi connectivity index (χ2n) is 7.62. The monoisotopic (exact) mass is 377 g/mol. The van der Waals surface area contributed by atoms with E-state index in [0.717, 1.165) is 24.9 Å². The quantitative estimate of drug-likeness (QED) is 0.806. The summed E-state index contributed by atoms with van der Waals surface area (Å²) in [6.45, 7) is 3.29. The first-order chi connectivity index (χ1) is 12.8. The summed E-state index contributed by atoms with van der Waals surface area (Å²) in [7, 11) is 0. The van der Waals surface area contributed by atoms with Gasteiger partial charge in [0.2, 0.25) is 5.91 Å². The Morgan fingerprint density at radius 3 is 2.56 bits per heavy atom. The summed E-state index contributed by atoms with van der Waals surface area (Å²) >= 11 is 0. The van der Waals surface area contributed by atoms with Gasteiger partial charge in [0.15, 0.2) is 5.69 Å². The van der Waals surface area contributed by atoms with Crippen molar-refractivity contribution in [2.45, 2.75) is 51.7 Å². The molecule has 1 aromatic heterocycles. The molecule has 1 atom stereocenters. The molecule has 0 bridgehead atoms. The molecule has 1 aromatic carbocycles.